The first-order valence-corrected chi connectivity index (χ1v) is 6.20. The van der Waals surface area contributed by atoms with Crippen molar-refractivity contribution in [3.63, 3.8) is 0 Å². The number of rotatable bonds is 4. The zero-order chi connectivity index (χ0) is 11.4. The Morgan fingerprint density at radius 3 is 2.81 bits per heavy atom. The van der Waals surface area contributed by atoms with Gasteiger partial charge in [-0.25, -0.2) is 0 Å². The van der Waals surface area contributed by atoms with E-state index in [2.05, 4.69) is 24.4 Å². The highest BCUT2D eigenvalue weighted by molar-refractivity contribution is 6.30. The first kappa shape index (κ1) is 11.9. The van der Waals surface area contributed by atoms with Gasteiger partial charge in [-0.1, -0.05) is 23.7 Å². The molecule has 2 unspecified atom stereocenters. The van der Waals surface area contributed by atoms with E-state index >= 15 is 0 Å². The van der Waals surface area contributed by atoms with Crippen molar-refractivity contribution in [3.8, 4) is 0 Å². The second kappa shape index (κ2) is 5.67. The van der Waals surface area contributed by atoms with Crippen LogP contribution in [0.25, 0.3) is 0 Å². The van der Waals surface area contributed by atoms with Crippen molar-refractivity contribution in [1.82, 2.24) is 5.32 Å². The quantitative estimate of drug-likeness (QED) is 0.872. The summed E-state index contributed by atoms with van der Waals surface area (Å²) < 4.78 is 5.35. The van der Waals surface area contributed by atoms with Crippen LogP contribution >= 0.6 is 11.6 Å². The van der Waals surface area contributed by atoms with Crippen molar-refractivity contribution < 1.29 is 4.74 Å². The Labute approximate surface area is 102 Å². The maximum Gasteiger partial charge on any atom is 0.0507 e. The van der Waals surface area contributed by atoms with Gasteiger partial charge in [0.1, 0.15) is 0 Å². The number of ether oxygens (including phenoxy) is 1. The summed E-state index contributed by atoms with van der Waals surface area (Å²) in [7, 11) is 0. The minimum Gasteiger partial charge on any atom is -0.381 e. The number of nitrogens with one attached hydrogen (secondary N) is 1. The SMILES string of the molecule is CC(NCC1CCOC1)c1ccc(Cl)cc1. The molecule has 2 nitrogen and oxygen atoms in total. The molecule has 2 rings (SSSR count). The molecule has 0 amide bonds. The van der Waals surface area contributed by atoms with Crippen molar-refractivity contribution in [2.75, 3.05) is 19.8 Å². The van der Waals surface area contributed by atoms with Gasteiger partial charge in [0, 0.05) is 24.2 Å². The second-order valence-electron chi connectivity index (χ2n) is 4.41. The average molecular weight is 240 g/mol. The summed E-state index contributed by atoms with van der Waals surface area (Å²) in [6.45, 7) is 5.03. The van der Waals surface area contributed by atoms with E-state index in [-0.39, 0.29) is 0 Å². The third kappa shape index (κ3) is 3.21. The molecule has 1 aliphatic heterocycles. The molecule has 1 N–H and O–H groups in total. The largest absolute Gasteiger partial charge is 0.381 e. The smallest absolute Gasteiger partial charge is 0.0507 e. The molecule has 1 saturated heterocycles. The molecule has 16 heavy (non-hydrogen) atoms. The van der Waals surface area contributed by atoms with E-state index in [1.54, 1.807) is 0 Å². The molecular weight excluding hydrogens is 222 g/mol. The van der Waals surface area contributed by atoms with Crippen LogP contribution < -0.4 is 5.32 Å². The van der Waals surface area contributed by atoms with Gasteiger partial charge in [-0.05, 0) is 37.0 Å². The van der Waals surface area contributed by atoms with Crippen LogP contribution in [0.4, 0.5) is 0 Å². The van der Waals surface area contributed by atoms with Crippen LogP contribution in [0, 0.1) is 5.92 Å². The highest BCUT2D eigenvalue weighted by Crippen LogP contribution is 2.17. The van der Waals surface area contributed by atoms with Gasteiger partial charge in [-0.2, -0.15) is 0 Å². The maximum absolute atomic E-state index is 5.86. The Balaban J connectivity index is 1.82. The molecule has 0 saturated carbocycles. The Hall–Kier alpha value is -0.570. The zero-order valence-corrected chi connectivity index (χ0v) is 10.3. The second-order valence-corrected chi connectivity index (χ2v) is 4.85. The Morgan fingerprint density at radius 1 is 1.44 bits per heavy atom. The predicted molar refractivity (Wildman–Crippen MR) is 66.8 cm³/mol. The van der Waals surface area contributed by atoms with Gasteiger partial charge < -0.3 is 10.1 Å². The molecule has 0 aliphatic carbocycles. The molecule has 1 aliphatic rings. The van der Waals surface area contributed by atoms with E-state index in [1.165, 1.54) is 12.0 Å². The van der Waals surface area contributed by atoms with Crippen molar-refractivity contribution >= 4 is 11.6 Å². The third-order valence-electron chi connectivity index (χ3n) is 3.11. The fourth-order valence-corrected chi connectivity index (χ4v) is 2.08. The number of halogens is 1. The molecule has 3 heteroatoms. The van der Waals surface area contributed by atoms with E-state index in [1.807, 2.05) is 12.1 Å². The zero-order valence-electron chi connectivity index (χ0n) is 9.58. The molecule has 1 fully saturated rings. The first-order chi connectivity index (χ1) is 7.75. The van der Waals surface area contributed by atoms with Crippen LogP contribution in [0.2, 0.25) is 5.02 Å². The van der Waals surface area contributed by atoms with Crippen molar-refractivity contribution in [2.45, 2.75) is 19.4 Å². The normalized spacial score (nSPS) is 22.2. The summed E-state index contributed by atoms with van der Waals surface area (Å²) in [5.41, 5.74) is 1.28. The Kier molecular flexibility index (Phi) is 4.22. The number of hydrogen-bond acceptors (Lipinski definition) is 2. The summed E-state index contributed by atoms with van der Waals surface area (Å²) in [6, 6.07) is 8.40. The summed E-state index contributed by atoms with van der Waals surface area (Å²) in [4.78, 5) is 0. The fourth-order valence-electron chi connectivity index (χ4n) is 1.96. The van der Waals surface area contributed by atoms with Gasteiger partial charge in [0.05, 0.1) is 6.61 Å². The highest BCUT2D eigenvalue weighted by atomic mass is 35.5. The van der Waals surface area contributed by atoms with Crippen molar-refractivity contribution in [3.05, 3.63) is 34.9 Å². The maximum atomic E-state index is 5.86. The van der Waals surface area contributed by atoms with Crippen LogP contribution in [0.15, 0.2) is 24.3 Å². The first-order valence-electron chi connectivity index (χ1n) is 5.82. The summed E-state index contributed by atoms with van der Waals surface area (Å²) in [6.07, 6.45) is 1.18. The predicted octanol–water partition coefficient (Wildman–Crippen LogP) is 3.03. The molecular formula is C13H18ClNO. The van der Waals surface area contributed by atoms with Crippen molar-refractivity contribution in [2.24, 2.45) is 5.92 Å². The highest BCUT2D eigenvalue weighted by Gasteiger charge is 2.16. The minimum absolute atomic E-state index is 0.373. The minimum atomic E-state index is 0.373. The summed E-state index contributed by atoms with van der Waals surface area (Å²) >= 11 is 5.86. The van der Waals surface area contributed by atoms with Gasteiger partial charge in [0.25, 0.3) is 0 Å². The molecule has 2 atom stereocenters. The summed E-state index contributed by atoms with van der Waals surface area (Å²) in [5, 5.41) is 4.33. The summed E-state index contributed by atoms with van der Waals surface area (Å²) in [5.74, 6) is 0.676. The van der Waals surface area contributed by atoms with E-state index in [0.717, 1.165) is 24.8 Å². The van der Waals surface area contributed by atoms with Crippen LogP contribution in [0.3, 0.4) is 0 Å². The molecule has 1 aromatic carbocycles. The third-order valence-corrected chi connectivity index (χ3v) is 3.36. The van der Waals surface area contributed by atoms with Gasteiger partial charge in [0.15, 0.2) is 0 Å². The lowest BCUT2D eigenvalue weighted by atomic mass is 10.1. The van der Waals surface area contributed by atoms with Gasteiger partial charge in [-0.3, -0.25) is 0 Å². The van der Waals surface area contributed by atoms with Gasteiger partial charge in [-0.15, -0.1) is 0 Å². The molecule has 1 heterocycles. The van der Waals surface area contributed by atoms with Crippen LogP contribution in [0.1, 0.15) is 24.9 Å². The van der Waals surface area contributed by atoms with E-state index in [0.29, 0.717) is 12.0 Å². The van der Waals surface area contributed by atoms with E-state index < -0.39 is 0 Å². The number of benzene rings is 1. The van der Waals surface area contributed by atoms with E-state index in [9.17, 15) is 0 Å². The average Bonchev–Trinajstić information content (AvgIpc) is 2.80. The molecule has 0 aromatic heterocycles. The lowest BCUT2D eigenvalue weighted by Gasteiger charge is -2.16. The van der Waals surface area contributed by atoms with E-state index in [4.69, 9.17) is 16.3 Å². The lowest BCUT2D eigenvalue weighted by Crippen LogP contribution is -2.25. The Bertz CT molecular complexity index is 319. The molecule has 0 bridgehead atoms. The topological polar surface area (TPSA) is 21.3 Å². The monoisotopic (exact) mass is 239 g/mol. The van der Waals surface area contributed by atoms with Crippen LogP contribution in [-0.2, 0) is 4.74 Å². The fraction of sp³-hybridized carbons (Fsp3) is 0.538. The number of hydrogen-bond donors (Lipinski definition) is 1. The van der Waals surface area contributed by atoms with Crippen LogP contribution in [0.5, 0.6) is 0 Å². The molecule has 88 valence electrons. The van der Waals surface area contributed by atoms with Gasteiger partial charge >= 0.3 is 0 Å². The molecule has 0 radical (unpaired) electrons. The molecule has 1 aromatic rings. The Morgan fingerprint density at radius 2 is 2.19 bits per heavy atom. The molecule has 0 spiro atoms. The van der Waals surface area contributed by atoms with Crippen LogP contribution in [-0.4, -0.2) is 19.8 Å². The van der Waals surface area contributed by atoms with Crippen molar-refractivity contribution in [1.29, 1.82) is 0 Å². The lowest BCUT2D eigenvalue weighted by molar-refractivity contribution is 0.184. The van der Waals surface area contributed by atoms with Gasteiger partial charge in [0.2, 0.25) is 0 Å². The standard InChI is InChI=1S/C13H18ClNO/c1-10(12-2-4-13(14)5-3-12)15-8-11-6-7-16-9-11/h2-5,10-11,15H,6-9H2,1H3.